The average Bonchev–Trinajstić information content (AvgIpc) is 3.40. The van der Waals surface area contributed by atoms with Gasteiger partial charge in [-0.05, 0) is 62.6 Å². The van der Waals surface area contributed by atoms with Crippen molar-refractivity contribution in [3.63, 3.8) is 0 Å². The summed E-state index contributed by atoms with van der Waals surface area (Å²) in [5.41, 5.74) is 7.36. The zero-order chi connectivity index (χ0) is 29.3. The van der Waals surface area contributed by atoms with Gasteiger partial charge in [0.25, 0.3) is 0 Å². The predicted octanol–water partition coefficient (Wildman–Crippen LogP) is 1.61. The van der Waals surface area contributed by atoms with Crippen LogP contribution >= 0.6 is 0 Å². The number of nitrogens with one attached hydrogen (secondary N) is 3. The molecule has 1 aromatic carbocycles. The molecular formula is C25H36FN7O7. The first-order chi connectivity index (χ1) is 19.2. The number of carbonyl (C=O) groups excluding carboxylic acids is 2. The summed E-state index contributed by atoms with van der Waals surface area (Å²) >= 11 is 0. The van der Waals surface area contributed by atoms with E-state index in [1.807, 2.05) is 24.3 Å². The van der Waals surface area contributed by atoms with E-state index in [9.17, 15) is 28.8 Å². The number of carbonyl (C=O) groups is 4. The molecule has 220 valence electrons. The molecule has 0 saturated heterocycles. The number of aromatic nitrogens is 3. The highest BCUT2D eigenvalue weighted by atomic mass is 19.1. The van der Waals surface area contributed by atoms with E-state index in [1.54, 1.807) is 10.9 Å². The second kappa shape index (κ2) is 17.5. The quantitative estimate of drug-likeness (QED) is 0.0826. The predicted molar refractivity (Wildman–Crippen MR) is 139 cm³/mol. The van der Waals surface area contributed by atoms with Crippen molar-refractivity contribution in [2.75, 3.05) is 19.8 Å². The molecule has 0 spiro atoms. The van der Waals surface area contributed by atoms with Crippen LogP contribution in [0, 0.1) is 0 Å². The Hall–Kier alpha value is -4.11. The molecule has 0 bridgehead atoms. The van der Waals surface area contributed by atoms with Crippen molar-refractivity contribution in [3.8, 4) is 5.69 Å². The molecule has 1 atom stereocenters. The van der Waals surface area contributed by atoms with E-state index < -0.39 is 36.9 Å². The number of amides is 3. The van der Waals surface area contributed by atoms with E-state index in [2.05, 4.69) is 26.5 Å². The standard InChI is InChI=1S/C25H36FN7O7/c26-14-4-6-19-17-32(31-29-19)20-10-8-18(9-11-20)5-3-7-22(34)27-15-1-2-16-28-30-25(39)33(40)21(24(37)38)12-13-23(35)36/h8-11,17,21,28,40H,1-7,12-16H2,(H,27,34)(H,30,39)(H,35,36)(H,37,38)/t21-/m0/s1. The third-order valence-electron chi connectivity index (χ3n) is 5.84. The van der Waals surface area contributed by atoms with Gasteiger partial charge in [0.05, 0.1) is 24.3 Å². The van der Waals surface area contributed by atoms with Crippen LogP contribution in [0.1, 0.15) is 56.2 Å². The minimum absolute atomic E-state index is 0.0583. The summed E-state index contributed by atoms with van der Waals surface area (Å²) in [5.74, 6) is -2.85. The van der Waals surface area contributed by atoms with Crippen LogP contribution in [-0.4, -0.2) is 85.2 Å². The molecule has 15 heteroatoms. The lowest BCUT2D eigenvalue weighted by Gasteiger charge is -2.22. The van der Waals surface area contributed by atoms with Gasteiger partial charge in [-0.3, -0.25) is 24.6 Å². The number of halogens is 1. The molecule has 2 rings (SSSR count). The Morgan fingerprint density at radius 1 is 0.975 bits per heavy atom. The maximum Gasteiger partial charge on any atom is 0.356 e. The number of hydrazine groups is 1. The Morgan fingerprint density at radius 3 is 2.38 bits per heavy atom. The van der Waals surface area contributed by atoms with Crippen molar-refractivity contribution in [1.82, 2.24) is 36.2 Å². The van der Waals surface area contributed by atoms with Gasteiger partial charge in [-0.2, -0.15) is 5.06 Å². The molecule has 0 aliphatic heterocycles. The zero-order valence-electron chi connectivity index (χ0n) is 22.1. The SMILES string of the molecule is O=C(O)CC[C@@H](C(=O)O)N(O)C(=O)NNCCCCNC(=O)CCCc1ccc(-n2cc(CCCF)nn2)cc1. The number of hydrogen-bond acceptors (Lipinski definition) is 8. The van der Waals surface area contributed by atoms with Crippen molar-refractivity contribution >= 4 is 23.9 Å². The lowest BCUT2D eigenvalue weighted by molar-refractivity contribution is -0.158. The summed E-state index contributed by atoms with van der Waals surface area (Å²) in [6, 6.07) is 4.95. The number of hydrogen-bond donors (Lipinski definition) is 6. The largest absolute Gasteiger partial charge is 0.481 e. The molecular weight excluding hydrogens is 529 g/mol. The number of unbranched alkanes of at least 4 members (excludes halogenated alkanes) is 1. The Labute approximate surface area is 230 Å². The molecule has 0 aliphatic rings. The van der Waals surface area contributed by atoms with Crippen molar-refractivity contribution in [2.45, 2.75) is 63.8 Å². The second-order valence-corrected chi connectivity index (χ2v) is 9.01. The summed E-state index contributed by atoms with van der Waals surface area (Å²) < 4.78 is 14.0. The molecule has 40 heavy (non-hydrogen) atoms. The summed E-state index contributed by atoms with van der Waals surface area (Å²) in [4.78, 5) is 45.7. The van der Waals surface area contributed by atoms with Crippen LogP contribution < -0.4 is 16.2 Å². The first kappa shape index (κ1) is 32.1. The normalized spacial score (nSPS) is 11.6. The highest BCUT2D eigenvalue weighted by Crippen LogP contribution is 2.12. The van der Waals surface area contributed by atoms with Gasteiger partial charge in [-0.25, -0.2) is 19.7 Å². The van der Waals surface area contributed by atoms with Crippen LogP contribution in [0.3, 0.4) is 0 Å². The zero-order valence-corrected chi connectivity index (χ0v) is 22.1. The van der Waals surface area contributed by atoms with Crippen LogP contribution in [0.2, 0.25) is 0 Å². The minimum Gasteiger partial charge on any atom is -0.481 e. The van der Waals surface area contributed by atoms with E-state index in [1.165, 1.54) is 0 Å². The van der Waals surface area contributed by atoms with Crippen molar-refractivity contribution in [3.05, 3.63) is 41.7 Å². The van der Waals surface area contributed by atoms with Gasteiger partial charge in [-0.15, -0.1) is 5.10 Å². The molecule has 0 unspecified atom stereocenters. The van der Waals surface area contributed by atoms with Gasteiger partial charge in [0.2, 0.25) is 5.91 Å². The summed E-state index contributed by atoms with van der Waals surface area (Å²) in [6.45, 7) is 0.353. The van der Waals surface area contributed by atoms with Crippen LogP contribution in [0.5, 0.6) is 0 Å². The van der Waals surface area contributed by atoms with Gasteiger partial charge in [0.15, 0.2) is 6.04 Å². The first-order valence-corrected chi connectivity index (χ1v) is 13.0. The highest BCUT2D eigenvalue weighted by Gasteiger charge is 2.29. The third kappa shape index (κ3) is 11.7. The van der Waals surface area contributed by atoms with Crippen LogP contribution in [0.15, 0.2) is 30.5 Å². The number of urea groups is 1. The fourth-order valence-corrected chi connectivity index (χ4v) is 3.66. The third-order valence-corrected chi connectivity index (χ3v) is 5.84. The molecule has 0 fully saturated rings. The van der Waals surface area contributed by atoms with E-state index in [4.69, 9.17) is 10.2 Å². The summed E-state index contributed by atoms with van der Waals surface area (Å²) in [6.07, 6.45) is 4.75. The molecule has 14 nitrogen and oxygen atoms in total. The van der Waals surface area contributed by atoms with E-state index >= 15 is 0 Å². The molecule has 2 aromatic rings. The summed E-state index contributed by atoms with van der Waals surface area (Å²) in [7, 11) is 0. The van der Waals surface area contributed by atoms with Gasteiger partial charge >= 0.3 is 18.0 Å². The number of rotatable bonds is 19. The molecule has 0 saturated carbocycles. The summed E-state index contributed by atoms with van der Waals surface area (Å²) in [5, 5.41) is 38.3. The van der Waals surface area contributed by atoms with Gasteiger partial charge in [0.1, 0.15) is 0 Å². The Balaban J connectivity index is 1.55. The number of aryl methyl sites for hydroxylation is 2. The molecule has 6 N–H and O–H groups in total. The number of nitrogens with zero attached hydrogens (tertiary/aromatic N) is 4. The fourth-order valence-electron chi connectivity index (χ4n) is 3.66. The topological polar surface area (TPSA) is 199 Å². The molecule has 3 amide bonds. The van der Waals surface area contributed by atoms with E-state index in [0.29, 0.717) is 51.6 Å². The highest BCUT2D eigenvalue weighted by molar-refractivity contribution is 5.82. The van der Waals surface area contributed by atoms with Crippen molar-refractivity contribution in [2.24, 2.45) is 0 Å². The lowest BCUT2D eigenvalue weighted by atomic mass is 10.1. The molecule has 0 aliphatic carbocycles. The Morgan fingerprint density at radius 2 is 1.70 bits per heavy atom. The van der Waals surface area contributed by atoms with Crippen LogP contribution in [-0.2, 0) is 27.2 Å². The monoisotopic (exact) mass is 565 g/mol. The number of alkyl halides is 1. The first-order valence-electron chi connectivity index (χ1n) is 13.0. The van der Waals surface area contributed by atoms with Gasteiger partial charge in [0, 0.05) is 25.9 Å². The smallest absolute Gasteiger partial charge is 0.356 e. The van der Waals surface area contributed by atoms with Crippen LogP contribution in [0.4, 0.5) is 9.18 Å². The maximum absolute atomic E-state index is 12.3. The maximum atomic E-state index is 12.3. The number of hydroxylamine groups is 2. The lowest BCUT2D eigenvalue weighted by Crippen LogP contribution is -2.51. The van der Waals surface area contributed by atoms with E-state index in [0.717, 1.165) is 23.4 Å². The minimum atomic E-state index is -1.69. The van der Waals surface area contributed by atoms with Crippen molar-refractivity contribution in [1.29, 1.82) is 0 Å². The second-order valence-electron chi connectivity index (χ2n) is 9.01. The van der Waals surface area contributed by atoms with Gasteiger partial charge < -0.3 is 15.5 Å². The van der Waals surface area contributed by atoms with Crippen LogP contribution in [0.25, 0.3) is 5.69 Å². The molecule has 1 aromatic heterocycles. The average molecular weight is 566 g/mol. The number of carboxylic acids is 2. The van der Waals surface area contributed by atoms with E-state index in [-0.39, 0.29) is 17.6 Å². The van der Waals surface area contributed by atoms with Crippen molar-refractivity contribution < 1.29 is 39.0 Å². The Kier molecular flexibility index (Phi) is 14.0. The number of aliphatic carboxylic acids is 2. The Bertz CT molecular complexity index is 1100. The van der Waals surface area contributed by atoms with Gasteiger partial charge in [-0.1, -0.05) is 17.3 Å². The number of benzene rings is 1. The number of carboxylic acid groups (broad SMARTS) is 2. The molecule has 1 heterocycles. The molecule has 0 radical (unpaired) electrons. The fraction of sp³-hybridized carbons (Fsp3) is 0.520.